The van der Waals surface area contributed by atoms with Crippen molar-refractivity contribution in [3.8, 4) is 0 Å². The van der Waals surface area contributed by atoms with Crippen molar-refractivity contribution in [1.82, 2.24) is 10.0 Å². The molecule has 0 spiro atoms. The van der Waals surface area contributed by atoms with E-state index in [4.69, 9.17) is 0 Å². The molecular formula is C14H23N3O2S. The van der Waals surface area contributed by atoms with Gasteiger partial charge >= 0.3 is 6.03 Å². The van der Waals surface area contributed by atoms with Crippen LogP contribution in [-0.2, 0) is 4.79 Å². The van der Waals surface area contributed by atoms with Crippen LogP contribution in [0.1, 0.15) is 32.3 Å². The molecule has 20 heavy (non-hydrogen) atoms. The van der Waals surface area contributed by atoms with Crippen LogP contribution in [0, 0.1) is 6.92 Å². The largest absolute Gasteiger partial charge is 0.341 e. The fourth-order valence-electron chi connectivity index (χ4n) is 1.69. The molecule has 0 unspecified atom stereocenters. The average molecular weight is 297 g/mol. The number of hydrogen-bond acceptors (Lipinski definition) is 3. The summed E-state index contributed by atoms with van der Waals surface area (Å²) in [6, 6.07) is 5.71. The number of benzene rings is 1. The van der Waals surface area contributed by atoms with E-state index in [2.05, 4.69) is 29.2 Å². The molecular weight excluding hydrogens is 274 g/mol. The van der Waals surface area contributed by atoms with Crippen LogP contribution in [0.3, 0.4) is 0 Å². The van der Waals surface area contributed by atoms with E-state index in [0.29, 0.717) is 5.92 Å². The van der Waals surface area contributed by atoms with Crippen molar-refractivity contribution in [3.63, 3.8) is 0 Å². The molecule has 6 heteroatoms. The normalized spacial score (nSPS) is 10.2. The Labute approximate surface area is 125 Å². The number of anilines is 1. The first-order valence-electron chi connectivity index (χ1n) is 6.44. The van der Waals surface area contributed by atoms with E-state index in [1.807, 2.05) is 25.1 Å². The van der Waals surface area contributed by atoms with Gasteiger partial charge in [-0.2, -0.15) is 0 Å². The third kappa shape index (κ3) is 5.13. The van der Waals surface area contributed by atoms with Gasteiger partial charge in [-0.25, -0.2) is 4.79 Å². The number of hydrogen-bond donors (Lipinski definition) is 3. The molecule has 0 saturated carbocycles. The molecule has 0 saturated heterocycles. The van der Waals surface area contributed by atoms with E-state index in [9.17, 15) is 9.59 Å². The van der Waals surface area contributed by atoms with Gasteiger partial charge < -0.3 is 10.6 Å². The molecule has 1 aromatic rings. The second-order valence-corrected chi connectivity index (χ2v) is 5.54. The Kier molecular flexibility index (Phi) is 6.38. The molecule has 1 aromatic carbocycles. The van der Waals surface area contributed by atoms with Crippen LogP contribution in [0.5, 0.6) is 0 Å². The fraction of sp³-hybridized carbons (Fsp3) is 0.429. The number of urea groups is 1. The first-order chi connectivity index (χ1) is 9.43. The Morgan fingerprint density at radius 2 is 2.05 bits per heavy atom. The molecule has 112 valence electrons. The van der Waals surface area contributed by atoms with E-state index < -0.39 is 0 Å². The van der Waals surface area contributed by atoms with Gasteiger partial charge in [0.2, 0.25) is 5.91 Å². The van der Waals surface area contributed by atoms with Crippen LogP contribution in [0.2, 0.25) is 0 Å². The van der Waals surface area contributed by atoms with Gasteiger partial charge in [-0.1, -0.05) is 26.0 Å². The predicted octanol–water partition coefficient (Wildman–Crippen LogP) is 2.88. The van der Waals surface area contributed by atoms with Gasteiger partial charge in [-0.15, -0.1) is 0 Å². The molecule has 0 aromatic heterocycles. The summed E-state index contributed by atoms with van der Waals surface area (Å²) in [5.41, 5.74) is 3.04. The third-order valence-corrected chi connectivity index (χ3v) is 3.44. The summed E-state index contributed by atoms with van der Waals surface area (Å²) in [5, 5.41) is 5.31. The van der Waals surface area contributed by atoms with Gasteiger partial charge in [0.25, 0.3) is 0 Å². The van der Waals surface area contributed by atoms with Crippen molar-refractivity contribution in [2.75, 3.05) is 18.1 Å². The molecule has 0 aliphatic rings. The Morgan fingerprint density at radius 3 is 2.65 bits per heavy atom. The molecule has 1 rings (SSSR count). The van der Waals surface area contributed by atoms with E-state index in [-0.39, 0.29) is 19.1 Å². The lowest BCUT2D eigenvalue weighted by Crippen LogP contribution is -2.29. The minimum absolute atomic E-state index is 0. The van der Waals surface area contributed by atoms with Gasteiger partial charge in [-0.05, 0) is 42.0 Å². The molecule has 0 aliphatic heterocycles. The number of amides is 3. The summed E-state index contributed by atoms with van der Waals surface area (Å²) in [7, 11) is 1.53. The quantitative estimate of drug-likeness (QED) is 0.732. The van der Waals surface area contributed by atoms with Gasteiger partial charge in [0.15, 0.2) is 0 Å². The highest BCUT2D eigenvalue weighted by Crippen LogP contribution is 2.25. The van der Waals surface area contributed by atoms with Crippen molar-refractivity contribution in [1.29, 1.82) is 0 Å². The molecule has 0 heterocycles. The zero-order valence-electron chi connectivity index (χ0n) is 12.2. The Bertz CT molecular complexity index is 495. The van der Waals surface area contributed by atoms with Crippen molar-refractivity contribution >= 4 is 29.6 Å². The molecule has 0 bridgehead atoms. The lowest BCUT2D eigenvalue weighted by Gasteiger charge is -2.14. The molecule has 0 aliphatic carbocycles. The zero-order chi connectivity index (χ0) is 15.1. The SMILES string of the molecule is CNC(=O)NSCC(=O)Nc1cc(C)ccc1C(C)C.[HH]. The number of carbonyl (C=O) groups excluding carboxylic acids is 2. The van der Waals surface area contributed by atoms with Crippen LogP contribution in [0.15, 0.2) is 18.2 Å². The van der Waals surface area contributed by atoms with E-state index in [1.165, 1.54) is 7.05 Å². The first-order valence-corrected chi connectivity index (χ1v) is 7.42. The Balaban J connectivity index is 0.00000400. The fourth-order valence-corrected chi connectivity index (χ4v) is 2.19. The smallest absolute Gasteiger partial charge is 0.324 e. The summed E-state index contributed by atoms with van der Waals surface area (Å²) in [4.78, 5) is 22.8. The molecule has 0 atom stereocenters. The number of nitrogens with one attached hydrogen (secondary N) is 3. The maximum Gasteiger partial charge on any atom is 0.324 e. The third-order valence-electron chi connectivity index (χ3n) is 2.70. The summed E-state index contributed by atoms with van der Waals surface area (Å²) >= 11 is 1.06. The highest BCUT2D eigenvalue weighted by molar-refractivity contribution is 7.98. The molecule has 0 fully saturated rings. The standard InChI is InChI=1S/C14H21N3O2S.H2/c1-9(2)11-6-5-10(3)7-12(11)16-13(18)8-20-17-14(19)15-4;/h5-7,9H,8H2,1-4H3,(H,16,18)(H2,15,17,19);1H. The van der Waals surface area contributed by atoms with Crippen LogP contribution >= 0.6 is 11.9 Å². The van der Waals surface area contributed by atoms with Crippen molar-refractivity contribution in [3.05, 3.63) is 29.3 Å². The van der Waals surface area contributed by atoms with Gasteiger partial charge in [0.1, 0.15) is 0 Å². The topological polar surface area (TPSA) is 70.2 Å². The van der Waals surface area contributed by atoms with Gasteiger partial charge in [-0.3, -0.25) is 9.52 Å². The summed E-state index contributed by atoms with van der Waals surface area (Å²) in [5.74, 6) is 0.361. The van der Waals surface area contributed by atoms with Crippen LogP contribution in [-0.4, -0.2) is 24.7 Å². The highest BCUT2D eigenvalue weighted by atomic mass is 32.2. The number of aryl methyl sites for hydroxylation is 1. The van der Waals surface area contributed by atoms with Crippen molar-refractivity contribution in [2.45, 2.75) is 26.7 Å². The monoisotopic (exact) mass is 297 g/mol. The van der Waals surface area contributed by atoms with E-state index >= 15 is 0 Å². The van der Waals surface area contributed by atoms with E-state index in [0.717, 1.165) is 28.8 Å². The van der Waals surface area contributed by atoms with Crippen LogP contribution < -0.4 is 15.4 Å². The lowest BCUT2D eigenvalue weighted by molar-refractivity contribution is -0.113. The Morgan fingerprint density at radius 1 is 1.35 bits per heavy atom. The Hall–Kier alpha value is -1.69. The van der Waals surface area contributed by atoms with Gasteiger partial charge in [0.05, 0.1) is 5.75 Å². The van der Waals surface area contributed by atoms with Crippen LogP contribution in [0.25, 0.3) is 0 Å². The second-order valence-electron chi connectivity index (χ2n) is 4.76. The zero-order valence-corrected chi connectivity index (χ0v) is 13.1. The minimum Gasteiger partial charge on any atom is -0.341 e. The highest BCUT2D eigenvalue weighted by Gasteiger charge is 2.10. The van der Waals surface area contributed by atoms with Crippen molar-refractivity contribution in [2.24, 2.45) is 0 Å². The molecule has 3 amide bonds. The van der Waals surface area contributed by atoms with Crippen LogP contribution in [0.4, 0.5) is 10.5 Å². The maximum atomic E-state index is 11.9. The average Bonchev–Trinajstić information content (AvgIpc) is 2.38. The maximum absolute atomic E-state index is 11.9. The van der Waals surface area contributed by atoms with Gasteiger partial charge in [0, 0.05) is 14.2 Å². The second kappa shape index (κ2) is 7.79. The summed E-state index contributed by atoms with van der Waals surface area (Å²) in [6.07, 6.45) is 0. The minimum atomic E-state index is -0.318. The first kappa shape index (κ1) is 16.4. The lowest BCUT2D eigenvalue weighted by atomic mass is 9.99. The van der Waals surface area contributed by atoms with Crippen molar-refractivity contribution < 1.29 is 11.0 Å². The predicted molar refractivity (Wildman–Crippen MR) is 86.1 cm³/mol. The molecule has 5 nitrogen and oxygen atoms in total. The summed E-state index contributed by atoms with van der Waals surface area (Å²) < 4.78 is 2.50. The number of carbonyl (C=O) groups is 2. The number of rotatable bonds is 5. The van der Waals surface area contributed by atoms with E-state index in [1.54, 1.807) is 0 Å². The molecule has 3 N–H and O–H groups in total. The molecule has 0 radical (unpaired) electrons. The summed E-state index contributed by atoms with van der Waals surface area (Å²) in [6.45, 7) is 6.16.